The fourth-order valence-corrected chi connectivity index (χ4v) is 4.01. The van der Waals surface area contributed by atoms with Crippen LogP contribution in [0.25, 0.3) is 10.8 Å². The molecule has 0 aliphatic heterocycles. The molecule has 0 unspecified atom stereocenters. The lowest BCUT2D eigenvalue weighted by Crippen LogP contribution is -2.44. The maximum atomic E-state index is 12.8. The van der Waals surface area contributed by atoms with Crippen LogP contribution in [0, 0.1) is 0 Å². The minimum Gasteiger partial charge on any atom is -0.444 e. The molecule has 0 spiro atoms. The Balaban J connectivity index is 1.61. The van der Waals surface area contributed by atoms with Gasteiger partial charge >= 0.3 is 6.09 Å². The smallest absolute Gasteiger partial charge is 0.410 e. The first-order valence-corrected chi connectivity index (χ1v) is 11.6. The second-order valence-corrected chi connectivity index (χ2v) is 9.77. The number of fused-ring (bicyclic) bond motifs is 1. The number of benzene rings is 2. The predicted octanol–water partition coefficient (Wildman–Crippen LogP) is 5.28. The Morgan fingerprint density at radius 3 is 2.66 bits per heavy atom. The molecule has 0 aliphatic rings. The third-order valence-electron chi connectivity index (χ3n) is 4.80. The number of nitrogens with one attached hydrogen (secondary N) is 1. The van der Waals surface area contributed by atoms with E-state index >= 15 is 0 Å². The van der Waals surface area contributed by atoms with Crippen molar-refractivity contribution in [2.75, 3.05) is 18.8 Å². The quantitative estimate of drug-likeness (QED) is 0.453. The van der Waals surface area contributed by atoms with Crippen molar-refractivity contribution in [1.82, 2.24) is 14.6 Å². The SMILES string of the molecule is C[C@H](CN(CCc1ccccc1)C(=O)OC(C)(C)C)NSc1ccc2c(N)nccc2c1. The number of hydrogen-bond acceptors (Lipinski definition) is 6. The van der Waals surface area contributed by atoms with Gasteiger partial charge in [0.15, 0.2) is 0 Å². The molecular weight excluding hydrogens is 420 g/mol. The highest BCUT2D eigenvalue weighted by atomic mass is 32.2. The van der Waals surface area contributed by atoms with Crippen LogP contribution >= 0.6 is 11.9 Å². The average molecular weight is 453 g/mol. The monoisotopic (exact) mass is 452 g/mol. The summed E-state index contributed by atoms with van der Waals surface area (Å²) in [5, 5.41) is 2.00. The van der Waals surface area contributed by atoms with Crippen molar-refractivity contribution in [2.24, 2.45) is 0 Å². The summed E-state index contributed by atoms with van der Waals surface area (Å²) in [5.41, 5.74) is 6.61. The summed E-state index contributed by atoms with van der Waals surface area (Å²) in [4.78, 5) is 19.8. The van der Waals surface area contributed by atoms with E-state index in [2.05, 4.69) is 34.8 Å². The third kappa shape index (κ3) is 7.14. The number of ether oxygens (including phenoxy) is 1. The van der Waals surface area contributed by atoms with Gasteiger partial charge in [-0.3, -0.25) is 4.72 Å². The van der Waals surface area contributed by atoms with Crippen molar-refractivity contribution in [1.29, 1.82) is 0 Å². The maximum absolute atomic E-state index is 12.8. The van der Waals surface area contributed by atoms with Gasteiger partial charge in [-0.1, -0.05) is 30.3 Å². The lowest BCUT2D eigenvalue weighted by atomic mass is 10.1. The van der Waals surface area contributed by atoms with Crippen LogP contribution in [0.4, 0.5) is 10.6 Å². The number of nitrogen functional groups attached to an aromatic ring is 1. The molecule has 3 rings (SSSR count). The molecule has 170 valence electrons. The minimum absolute atomic E-state index is 0.0569. The first-order valence-electron chi connectivity index (χ1n) is 10.8. The summed E-state index contributed by atoms with van der Waals surface area (Å²) < 4.78 is 9.09. The van der Waals surface area contributed by atoms with Crippen LogP contribution in [-0.4, -0.2) is 40.7 Å². The number of nitrogens with zero attached hydrogens (tertiary/aromatic N) is 2. The largest absolute Gasteiger partial charge is 0.444 e. The van der Waals surface area contributed by atoms with Crippen LogP contribution in [0.1, 0.15) is 33.3 Å². The topological polar surface area (TPSA) is 80.5 Å². The van der Waals surface area contributed by atoms with Crippen molar-refractivity contribution < 1.29 is 9.53 Å². The lowest BCUT2D eigenvalue weighted by Gasteiger charge is -2.29. The third-order valence-corrected chi connectivity index (χ3v) is 5.81. The Morgan fingerprint density at radius 1 is 1.19 bits per heavy atom. The van der Waals surface area contributed by atoms with Crippen molar-refractivity contribution in [3.8, 4) is 0 Å². The number of carbonyl (C=O) groups is 1. The Morgan fingerprint density at radius 2 is 1.94 bits per heavy atom. The van der Waals surface area contributed by atoms with E-state index in [1.807, 2.05) is 57.2 Å². The Bertz CT molecular complexity index is 1040. The van der Waals surface area contributed by atoms with E-state index < -0.39 is 5.60 Å². The molecule has 32 heavy (non-hydrogen) atoms. The van der Waals surface area contributed by atoms with Crippen LogP contribution in [0.3, 0.4) is 0 Å². The van der Waals surface area contributed by atoms with Gasteiger partial charge in [-0.15, -0.1) is 0 Å². The molecule has 7 heteroatoms. The summed E-state index contributed by atoms with van der Waals surface area (Å²) in [7, 11) is 0. The van der Waals surface area contributed by atoms with Gasteiger partial charge in [0, 0.05) is 35.6 Å². The molecule has 3 aromatic rings. The predicted molar refractivity (Wildman–Crippen MR) is 133 cm³/mol. The van der Waals surface area contributed by atoms with Gasteiger partial charge in [-0.2, -0.15) is 0 Å². The summed E-state index contributed by atoms with van der Waals surface area (Å²) in [5.74, 6) is 0.534. The van der Waals surface area contributed by atoms with E-state index in [4.69, 9.17) is 10.5 Å². The molecule has 1 aromatic heterocycles. The molecule has 3 N–H and O–H groups in total. The van der Waals surface area contributed by atoms with Crippen LogP contribution in [0.2, 0.25) is 0 Å². The van der Waals surface area contributed by atoms with Gasteiger partial charge in [0.1, 0.15) is 11.4 Å². The minimum atomic E-state index is -0.532. The number of carbonyl (C=O) groups excluding carboxylic acids is 1. The number of aromatic nitrogens is 1. The maximum Gasteiger partial charge on any atom is 0.410 e. The van der Waals surface area contributed by atoms with Gasteiger partial charge in [0.25, 0.3) is 0 Å². The zero-order valence-corrected chi connectivity index (χ0v) is 20.0. The number of anilines is 1. The normalized spacial score (nSPS) is 12.5. The standard InChI is InChI=1S/C25H32N4O2S/c1-18(28-32-21-10-11-22-20(16-21)12-14-27-23(22)26)17-29(24(30)31-25(2,3)4)15-13-19-8-6-5-7-9-19/h5-12,14,16,18,28H,13,15,17H2,1-4H3,(H2,26,27)/t18-/m1/s1. The number of rotatable bonds is 8. The summed E-state index contributed by atoms with van der Waals surface area (Å²) in [6, 6.07) is 18.3. The van der Waals surface area contributed by atoms with E-state index in [9.17, 15) is 4.79 Å². The highest BCUT2D eigenvalue weighted by Gasteiger charge is 2.23. The average Bonchev–Trinajstić information content (AvgIpc) is 2.74. The van der Waals surface area contributed by atoms with E-state index in [1.54, 1.807) is 23.0 Å². The number of hydrogen-bond donors (Lipinski definition) is 2. The first-order chi connectivity index (χ1) is 15.2. The Labute approximate surface area is 194 Å². The van der Waals surface area contributed by atoms with E-state index in [0.29, 0.717) is 18.9 Å². The molecule has 0 radical (unpaired) electrons. The fourth-order valence-electron chi connectivity index (χ4n) is 3.27. The molecule has 0 bridgehead atoms. The van der Waals surface area contributed by atoms with Crippen LogP contribution in [-0.2, 0) is 11.2 Å². The zero-order chi connectivity index (χ0) is 23.1. The van der Waals surface area contributed by atoms with Crippen molar-refractivity contribution in [2.45, 2.75) is 50.7 Å². The van der Waals surface area contributed by atoms with Gasteiger partial charge < -0.3 is 15.4 Å². The molecule has 0 saturated carbocycles. The fraction of sp³-hybridized carbons (Fsp3) is 0.360. The summed E-state index contributed by atoms with van der Waals surface area (Å²) >= 11 is 1.54. The van der Waals surface area contributed by atoms with Crippen molar-refractivity contribution in [3.05, 3.63) is 66.4 Å². The molecule has 0 saturated heterocycles. The zero-order valence-electron chi connectivity index (χ0n) is 19.2. The van der Waals surface area contributed by atoms with E-state index in [1.165, 1.54) is 5.56 Å². The lowest BCUT2D eigenvalue weighted by molar-refractivity contribution is 0.0241. The summed E-state index contributed by atoms with van der Waals surface area (Å²) in [6.07, 6.45) is 2.20. The van der Waals surface area contributed by atoms with Crippen LogP contribution in [0.15, 0.2) is 65.7 Å². The van der Waals surface area contributed by atoms with E-state index in [-0.39, 0.29) is 12.1 Å². The summed E-state index contributed by atoms with van der Waals surface area (Å²) in [6.45, 7) is 8.87. The first kappa shape index (κ1) is 23.9. The molecule has 6 nitrogen and oxygen atoms in total. The van der Waals surface area contributed by atoms with Crippen molar-refractivity contribution >= 4 is 34.6 Å². The molecule has 1 atom stereocenters. The number of nitrogens with two attached hydrogens (primary N) is 1. The number of amides is 1. The number of pyridine rings is 1. The molecule has 2 aromatic carbocycles. The van der Waals surface area contributed by atoms with Crippen LogP contribution < -0.4 is 10.5 Å². The second kappa shape index (κ2) is 10.7. The highest BCUT2D eigenvalue weighted by Crippen LogP contribution is 2.24. The van der Waals surface area contributed by atoms with Crippen molar-refractivity contribution in [3.63, 3.8) is 0 Å². The Kier molecular flexibility index (Phi) is 7.99. The van der Waals surface area contributed by atoms with Gasteiger partial charge in [-0.25, -0.2) is 9.78 Å². The van der Waals surface area contributed by atoms with Crippen LogP contribution in [0.5, 0.6) is 0 Å². The second-order valence-electron chi connectivity index (χ2n) is 8.86. The molecule has 0 aliphatic carbocycles. The van der Waals surface area contributed by atoms with Gasteiger partial charge in [-0.05, 0) is 81.3 Å². The van der Waals surface area contributed by atoms with Gasteiger partial charge in [0.2, 0.25) is 0 Å². The van der Waals surface area contributed by atoms with Gasteiger partial charge in [0.05, 0.1) is 0 Å². The molecular formula is C25H32N4O2S. The molecule has 1 heterocycles. The molecule has 1 amide bonds. The Hall–Kier alpha value is -2.77. The van der Waals surface area contributed by atoms with E-state index in [0.717, 1.165) is 22.1 Å². The highest BCUT2D eigenvalue weighted by molar-refractivity contribution is 7.97. The molecule has 0 fully saturated rings.